The molecule has 12 rings (SSSR count). The third-order valence-electron chi connectivity index (χ3n) is 18.3. The zero-order chi connectivity index (χ0) is 64.5. The van der Waals surface area contributed by atoms with Gasteiger partial charge in [-0.1, -0.05) is 7.43 Å². The molecular weight excluding hydrogens is 1200 g/mol. The number of hydrogen-bond donors (Lipinski definition) is 0. The number of Topliss-reactive ketones (excluding diaryl/α,β-unsaturated/α-hetero) is 2. The van der Waals surface area contributed by atoms with E-state index in [0.29, 0.717) is 73.5 Å². The number of carbonyl (C=O) groups is 4. The lowest BCUT2D eigenvalue weighted by Gasteiger charge is -2.32. The molecule has 0 unspecified atom stereocenters. The summed E-state index contributed by atoms with van der Waals surface area (Å²) in [4.78, 5) is 56.1. The number of hydrogen-bond acceptors (Lipinski definition) is 10. The number of piperidine rings is 2. The Balaban J connectivity index is 0.000000201. The monoisotopic (exact) mass is 1280 g/mol. The molecule has 0 N–H and O–H groups in total. The number of aromatic nitrogens is 4. The summed E-state index contributed by atoms with van der Waals surface area (Å²) in [5, 5.41) is 11.6. The Hall–Kier alpha value is -8.36. The predicted octanol–water partition coefficient (Wildman–Crippen LogP) is 17.1. The lowest BCUT2D eigenvalue weighted by molar-refractivity contribution is -0.138. The first kappa shape index (κ1) is 67.5. The number of nitrogens with zero attached hydrogens (tertiary/aromatic N) is 6. The van der Waals surface area contributed by atoms with Gasteiger partial charge in [0.2, 0.25) is 0 Å². The lowest BCUT2D eigenvalue weighted by atomic mass is 9.96. The predicted molar refractivity (Wildman–Crippen MR) is 343 cm³/mol. The van der Waals surface area contributed by atoms with Crippen LogP contribution in [0.1, 0.15) is 161 Å². The van der Waals surface area contributed by atoms with Crippen molar-refractivity contribution in [1.82, 2.24) is 29.4 Å². The summed E-state index contributed by atoms with van der Waals surface area (Å²) in [6, 6.07) is 29.9. The van der Waals surface area contributed by atoms with Crippen LogP contribution < -0.4 is 9.47 Å². The van der Waals surface area contributed by atoms with E-state index in [1.165, 1.54) is 37.1 Å². The number of aryl methyl sites for hydroxylation is 2. The average Bonchev–Trinajstić information content (AvgIpc) is 1.71. The highest BCUT2D eigenvalue weighted by Crippen LogP contribution is 2.35. The second-order valence-electron chi connectivity index (χ2n) is 24.7. The van der Waals surface area contributed by atoms with E-state index in [2.05, 4.69) is 0 Å². The van der Waals surface area contributed by atoms with Gasteiger partial charge in [-0.15, -0.1) is 0 Å². The second kappa shape index (κ2) is 30.2. The molecule has 0 spiro atoms. The minimum Gasteiger partial charge on any atom is -0.457 e. The molecule has 0 bridgehead atoms. The van der Waals surface area contributed by atoms with Crippen molar-refractivity contribution in [2.45, 2.75) is 149 Å². The van der Waals surface area contributed by atoms with E-state index in [1.807, 2.05) is 69.7 Å². The Morgan fingerprint density at radius 3 is 1.14 bits per heavy atom. The third kappa shape index (κ3) is 17.3. The van der Waals surface area contributed by atoms with Crippen LogP contribution >= 0.6 is 0 Å². The number of benzene rings is 6. The van der Waals surface area contributed by atoms with Gasteiger partial charge in [0.05, 0.1) is 34.4 Å². The molecule has 4 aliphatic heterocycles. The molecule has 8 aromatic rings. The molecule has 4 fully saturated rings. The van der Waals surface area contributed by atoms with E-state index in [9.17, 15) is 45.5 Å². The average molecular weight is 1280 g/mol. The minimum atomic E-state index is -4.40. The topological polar surface area (TPSA) is 147 Å². The van der Waals surface area contributed by atoms with E-state index in [0.717, 1.165) is 159 Å². The minimum absolute atomic E-state index is 0. The summed E-state index contributed by atoms with van der Waals surface area (Å²) in [5.74, 6) is 2.35. The quantitative estimate of drug-likeness (QED) is 0.0601. The molecule has 14 nitrogen and oxygen atoms in total. The zero-order valence-electron chi connectivity index (χ0n) is 51.8. The number of rotatable bonds is 18. The number of ketones is 2. The SMILES string of the molecule is C.Cc1c(C(=O)CC[C@@H]2CCCCO2)ccc2nn(CC3CCN(C(=O)c4ccc(Oc5ccc(C(F)(F)F)cc5)cc4)CC3)cc12.Cc1c(C(=O)CC[C@H]2CCCCO2)ccc2nn(CC3CCN(C(=O)c4ccc(Oc5ccc(C(F)(F)F)cc5)cc4)CC3)cc12. The molecule has 0 saturated carbocycles. The van der Waals surface area contributed by atoms with Crippen molar-refractivity contribution in [3.8, 4) is 23.0 Å². The fourth-order valence-electron chi connectivity index (χ4n) is 12.8. The number of halogens is 6. The first-order valence-corrected chi connectivity index (χ1v) is 32.0. The molecule has 6 heterocycles. The normalized spacial score (nSPS) is 17.5. The van der Waals surface area contributed by atoms with Crippen LogP contribution in [0.2, 0.25) is 0 Å². The molecule has 0 aliphatic carbocycles. The highest BCUT2D eigenvalue weighted by molar-refractivity contribution is 6.03. The Morgan fingerprint density at radius 1 is 0.473 bits per heavy atom. The summed E-state index contributed by atoms with van der Waals surface area (Å²) in [5.41, 5.74) is 4.79. The third-order valence-corrected chi connectivity index (χ3v) is 18.3. The van der Waals surface area contributed by atoms with Crippen LogP contribution in [0.4, 0.5) is 26.3 Å². The molecule has 4 saturated heterocycles. The Morgan fingerprint density at radius 2 is 0.817 bits per heavy atom. The van der Waals surface area contributed by atoms with Gasteiger partial charge in [0.25, 0.3) is 11.8 Å². The van der Waals surface area contributed by atoms with Gasteiger partial charge in [0.1, 0.15) is 23.0 Å². The van der Waals surface area contributed by atoms with E-state index in [1.54, 1.807) is 48.5 Å². The van der Waals surface area contributed by atoms with Gasteiger partial charge in [-0.2, -0.15) is 36.5 Å². The molecule has 2 aromatic heterocycles. The van der Waals surface area contributed by atoms with Crippen molar-refractivity contribution in [2.24, 2.45) is 11.8 Å². The number of ether oxygens (including phenoxy) is 4. The summed E-state index contributed by atoms with van der Waals surface area (Å²) in [7, 11) is 0. The molecule has 4 aliphatic rings. The van der Waals surface area contributed by atoms with Gasteiger partial charge >= 0.3 is 12.4 Å². The number of fused-ring (bicyclic) bond motifs is 2. The van der Waals surface area contributed by atoms with Gasteiger partial charge in [-0.25, -0.2) is 0 Å². The number of alkyl halides is 6. The van der Waals surface area contributed by atoms with Crippen molar-refractivity contribution in [3.63, 3.8) is 0 Å². The van der Waals surface area contributed by atoms with Crippen molar-refractivity contribution in [3.05, 3.63) is 178 Å². The second-order valence-corrected chi connectivity index (χ2v) is 24.7. The van der Waals surface area contributed by atoms with Gasteiger partial charge in [-0.3, -0.25) is 28.5 Å². The Labute approximate surface area is 538 Å². The molecule has 492 valence electrons. The van der Waals surface area contributed by atoms with Gasteiger partial charge < -0.3 is 28.7 Å². The van der Waals surface area contributed by atoms with Crippen molar-refractivity contribution < 1.29 is 64.5 Å². The molecule has 0 radical (unpaired) electrons. The van der Waals surface area contributed by atoms with Crippen molar-refractivity contribution in [2.75, 3.05) is 39.4 Å². The van der Waals surface area contributed by atoms with Crippen LogP contribution in [0.5, 0.6) is 23.0 Å². The van der Waals surface area contributed by atoms with Crippen LogP contribution in [-0.2, 0) is 34.9 Å². The van der Waals surface area contributed by atoms with Crippen LogP contribution in [-0.4, -0.2) is 104 Å². The highest BCUT2D eigenvalue weighted by Gasteiger charge is 2.32. The summed E-state index contributed by atoms with van der Waals surface area (Å²) < 4.78 is 104. The smallest absolute Gasteiger partial charge is 0.416 e. The first-order valence-electron chi connectivity index (χ1n) is 32.0. The maximum atomic E-state index is 13.2. The van der Waals surface area contributed by atoms with E-state index >= 15 is 0 Å². The summed E-state index contributed by atoms with van der Waals surface area (Å²) >= 11 is 0. The largest absolute Gasteiger partial charge is 0.457 e. The molecule has 20 heteroatoms. The summed E-state index contributed by atoms with van der Waals surface area (Å²) in [6.45, 7) is 9.61. The van der Waals surface area contributed by atoms with E-state index in [-0.39, 0.29) is 54.5 Å². The lowest BCUT2D eigenvalue weighted by Crippen LogP contribution is -2.39. The maximum Gasteiger partial charge on any atom is 0.416 e. The number of likely N-dealkylation sites (tertiary alicyclic amines) is 2. The molecule has 2 amide bonds. The standard InChI is InChI=1S/2C36H38F3N3O4.CH4/c2*1-24-31(34(43)16-13-28-4-2-3-21-45-28)14-15-33-32(24)23-42(40-33)22-25-17-19-41(20-18-25)35(44)26-5-9-29(10-6-26)46-30-11-7-27(8-12-30)36(37,38)39;/h2*5-12,14-15,23,25,28H,2-4,13,16-22H2,1H3;1H4/t2*28-;/m10./s1. The Kier molecular flexibility index (Phi) is 21.9. The van der Waals surface area contributed by atoms with Crippen LogP contribution in [0.25, 0.3) is 21.8 Å². The zero-order valence-corrected chi connectivity index (χ0v) is 51.8. The van der Waals surface area contributed by atoms with Crippen molar-refractivity contribution >= 4 is 45.2 Å². The fourth-order valence-corrected chi connectivity index (χ4v) is 12.8. The van der Waals surface area contributed by atoms with Crippen molar-refractivity contribution in [1.29, 1.82) is 0 Å². The Bertz CT molecular complexity index is 3590. The summed E-state index contributed by atoms with van der Waals surface area (Å²) in [6.07, 6.45) is 8.17. The van der Waals surface area contributed by atoms with Crippen LogP contribution in [0, 0.1) is 25.7 Å². The highest BCUT2D eigenvalue weighted by atomic mass is 19.4. The molecule has 2 atom stereocenters. The maximum absolute atomic E-state index is 13.2. The van der Waals surface area contributed by atoms with E-state index in [4.69, 9.17) is 29.1 Å². The number of amides is 2. The molecule has 93 heavy (non-hydrogen) atoms. The first-order chi connectivity index (χ1) is 44.3. The number of carbonyl (C=O) groups excluding carboxylic acids is 4. The fraction of sp³-hybridized carbons (Fsp3) is 0.425. The van der Waals surface area contributed by atoms with Crippen LogP contribution in [0.3, 0.4) is 0 Å². The van der Waals surface area contributed by atoms with E-state index < -0.39 is 23.5 Å². The van der Waals surface area contributed by atoms with Gasteiger partial charge in [-0.05, 0) is 235 Å². The van der Waals surface area contributed by atoms with Crippen LogP contribution in [0.15, 0.2) is 134 Å². The van der Waals surface area contributed by atoms with Gasteiger partial charge in [0, 0.05) is 111 Å². The molecular formula is C73H80F6N6O8. The van der Waals surface area contributed by atoms with Gasteiger partial charge in [0.15, 0.2) is 11.6 Å². The molecule has 6 aromatic carbocycles.